The van der Waals surface area contributed by atoms with Gasteiger partial charge in [0, 0.05) is 36.1 Å². The van der Waals surface area contributed by atoms with Crippen LogP contribution in [0.3, 0.4) is 0 Å². The Morgan fingerprint density at radius 3 is 2.55 bits per heavy atom. The van der Waals surface area contributed by atoms with Gasteiger partial charge in [0.15, 0.2) is 5.78 Å². The molecule has 0 aromatic heterocycles. The molecule has 2 atom stereocenters. The summed E-state index contributed by atoms with van der Waals surface area (Å²) >= 11 is 5.89. The van der Waals surface area contributed by atoms with Gasteiger partial charge in [0.05, 0.1) is 12.3 Å². The first-order valence-corrected chi connectivity index (χ1v) is 8.40. The maximum Gasteiger partial charge on any atom is 0.166 e. The number of carbonyl (C=O) groups is 1. The Bertz CT molecular complexity index is 512. The van der Waals surface area contributed by atoms with Crippen molar-refractivity contribution in [2.24, 2.45) is 5.92 Å². The first-order valence-electron chi connectivity index (χ1n) is 8.02. The molecular weight excluding hydrogens is 300 g/mol. The fourth-order valence-electron chi connectivity index (χ4n) is 3.36. The predicted molar refractivity (Wildman–Crippen MR) is 86.1 cm³/mol. The Kier molecular flexibility index (Phi) is 5.14. The molecule has 1 aromatic rings. The van der Waals surface area contributed by atoms with Gasteiger partial charge in [-0.1, -0.05) is 11.6 Å². The molecule has 3 rings (SSSR count). The predicted octanol–water partition coefficient (Wildman–Crippen LogP) is 2.32. The highest BCUT2D eigenvalue weighted by atomic mass is 35.5. The van der Waals surface area contributed by atoms with Gasteiger partial charge in [0.1, 0.15) is 0 Å². The standard InChI is InChI=1S/C17H22ClN2O2/c18-14-3-1-12(2-4-14)17(22)13-5-8-19-16(11-13)20-9-6-15(21)7-10-20/h1-4,13,15-16,21H,5-11H2/t13-,16+/m0/s1. The summed E-state index contributed by atoms with van der Waals surface area (Å²) in [6, 6.07) is 7.16. The number of piperidine rings is 2. The van der Waals surface area contributed by atoms with E-state index in [1.807, 2.05) is 12.1 Å². The van der Waals surface area contributed by atoms with Crippen LogP contribution < -0.4 is 5.32 Å². The third-order valence-electron chi connectivity index (χ3n) is 4.73. The average Bonchev–Trinajstić information content (AvgIpc) is 2.56. The molecule has 1 radical (unpaired) electrons. The Hall–Kier alpha value is -0.940. The van der Waals surface area contributed by atoms with E-state index < -0.39 is 0 Å². The highest BCUT2D eigenvalue weighted by Crippen LogP contribution is 2.26. The van der Waals surface area contributed by atoms with Gasteiger partial charge in [-0.3, -0.25) is 9.69 Å². The second-order valence-corrected chi connectivity index (χ2v) is 6.68. The normalized spacial score (nSPS) is 27.7. The largest absolute Gasteiger partial charge is 0.393 e. The van der Waals surface area contributed by atoms with Crippen LogP contribution in [0.2, 0.25) is 5.02 Å². The molecule has 0 unspecified atom stereocenters. The van der Waals surface area contributed by atoms with Crippen LogP contribution in [-0.4, -0.2) is 47.7 Å². The molecule has 119 valence electrons. The van der Waals surface area contributed by atoms with Crippen molar-refractivity contribution in [3.8, 4) is 0 Å². The van der Waals surface area contributed by atoms with Gasteiger partial charge in [-0.15, -0.1) is 0 Å². The Morgan fingerprint density at radius 1 is 1.18 bits per heavy atom. The van der Waals surface area contributed by atoms with Crippen molar-refractivity contribution in [2.75, 3.05) is 19.6 Å². The number of Topliss-reactive ketones (excluding diaryl/α,β-unsaturated/α-hetero) is 1. The minimum atomic E-state index is -0.175. The summed E-state index contributed by atoms with van der Waals surface area (Å²) in [5, 5.41) is 15.0. The quantitative estimate of drug-likeness (QED) is 0.869. The van der Waals surface area contributed by atoms with Gasteiger partial charge in [-0.05, 0) is 49.9 Å². The van der Waals surface area contributed by atoms with E-state index in [0.717, 1.165) is 50.9 Å². The molecule has 2 aliphatic heterocycles. The van der Waals surface area contributed by atoms with Crippen LogP contribution in [0.15, 0.2) is 24.3 Å². The van der Waals surface area contributed by atoms with Crippen LogP contribution in [0.1, 0.15) is 36.0 Å². The lowest BCUT2D eigenvalue weighted by Crippen LogP contribution is -2.51. The van der Waals surface area contributed by atoms with Crippen molar-refractivity contribution in [3.63, 3.8) is 0 Å². The molecule has 2 heterocycles. The minimum Gasteiger partial charge on any atom is -0.393 e. The van der Waals surface area contributed by atoms with Crippen LogP contribution in [0.5, 0.6) is 0 Å². The highest BCUT2D eigenvalue weighted by Gasteiger charge is 2.33. The van der Waals surface area contributed by atoms with Crippen molar-refractivity contribution in [2.45, 2.75) is 38.0 Å². The van der Waals surface area contributed by atoms with Gasteiger partial charge < -0.3 is 5.11 Å². The maximum atomic E-state index is 12.6. The Labute approximate surface area is 136 Å². The van der Waals surface area contributed by atoms with E-state index in [4.69, 9.17) is 11.6 Å². The highest BCUT2D eigenvalue weighted by molar-refractivity contribution is 6.30. The minimum absolute atomic E-state index is 0.0375. The molecule has 0 saturated carbocycles. The number of ketones is 1. The zero-order chi connectivity index (χ0) is 15.5. The number of rotatable bonds is 3. The number of benzene rings is 1. The van der Waals surface area contributed by atoms with Crippen molar-refractivity contribution >= 4 is 17.4 Å². The summed E-state index contributed by atoms with van der Waals surface area (Å²) in [6.07, 6.45) is 3.18. The van der Waals surface area contributed by atoms with Gasteiger partial charge in [0.25, 0.3) is 0 Å². The van der Waals surface area contributed by atoms with Gasteiger partial charge in [0.2, 0.25) is 0 Å². The summed E-state index contributed by atoms with van der Waals surface area (Å²) in [5.41, 5.74) is 0.740. The number of halogens is 1. The van der Waals surface area contributed by atoms with Crippen molar-refractivity contribution in [1.82, 2.24) is 10.2 Å². The molecule has 2 saturated heterocycles. The zero-order valence-corrected chi connectivity index (χ0v) is 13.4. The van der Waals surface area contributed by atoms with Crippen LogP contribution in [0, 0.1) is 5.92 Å². The first kappa shape index (κ1) is 15.9. The first-order chi connectivity index (χ1) is 10.6. The number of aliphatic hydroxyl groups is 1. The van der Waals surface area contributed by atoms with E-state index in [2.05, 4.69) is 10.2 Å². The lowest BCUT2D eigenvalue weighted by Gasteiger charge is -2.39. The maximum absolute atomic E-state index is 12.6. The second-order valence-electron chi connectivity index (χ2n) is 6.25. The third-order valence-corrected chi connectivity index (χ3v) is 4.98. The van der Waals surface area contributed by atoms with Gasteiger partial charge >= 0.3 is 0 Å². The fraction of sp³-hybridized carbons (Fsp3) is 0.588. The molecule has 4 nitrogen and oxygen atoms in total. The topological polar surface area (TPSA) is 54.6 Å². The number of nitrogens with zero attached hydrogens (tertiary/aromatic N) is 2. The van der Waals surface area contributed by atoms with Gasteiger partial charge in [-0.2, -0.15) is 0 Å². The average molecular weight is 322 g/mol. The summed E-state index contributed by atoms with van der Waals surface area (Å²) < 4.78 is 0. The third kappa shape index (κ3) is 3.69. The van der Waals surface area contributed by atoms with Crippen LogP contribution >= 0.6 is 11.6 Å². The number of hydrogen-bond acceptors (Lipinski definition) is 3. The Balaban J connectivity index is 1.62. The molecule has 2 fully saturated rings. The molecule has 1 N–H and O–H groups in total. The van der Waals surface area contributed by atoms with E-state index in [1.165, 1.54) is 0 Å². The summed E-state index contributed by atoms with van der Waals surface area (Å²) in [7, 11) is 0. The summed E-state index contributed by atoms with van der Waals surface area (Å²) in [5.74, 6) is 0.240. The van der Waals surface area contributed by atoms with Crippen molar-refractivity contribution < 1.29 is 9.90 Å². The fourth-order valence-corrected chi connectivity index (χ4v) is 3.49. The van der Waals surface area contributed by atoms with E-state index in [0.29, 0.717) is 5.02 Å². The monoisotopic (exact) mass is 321 g/mol. The van der Waals surface area contributed by atoms with Crippen LogP contribution in [0.4, 0.5) is 0 Å². The van der Waals surface area contributed by atoms with Crippen LogP contribution in [0.25, 0.3) is 0 Å². The Morgan fingerprint density at radius 2 is 1.86 bits per heavy atom. The molecule has 22 heavy (non-hydrogen) atoms. The molecule has 5 heteroatoms. The second kappa shape index (κ2) is 7.09. The molecule has 0 spiro atoms. The molecule has 2 aliphatic rings. The van der Waals surface area contributed by atoms with Crippen molar-refractivity contribution in [1.29, 1.82) is 0 Å². The molecule has 0 bridgehead atoms. The van der Waals surface area contributed by atoms with E-state index in [1.54, 1.807) is 12.1 Å². The zero-order valence-electron chi connectivity index (χ0n) is 12.6. The van der Waals surface area contributed by atoms with Gasteiger partial charge in [-0.25, -0.2) is 5.32 Å². The number of likely N-dealkylation sites (tertiary alicyclic amines) is 1. The van der Waals surface area contributed by atoms with E-state index in [-0.39, 0.29) is 24.0 Å². The SMILES string of the molecule is O=C(c1ccc(Cl)cc1)[C@H]1CC[N][C@H](N2CCC(O)CC2)C1. The smallest absolute Gasteiger partial charge is 0.166 e. The number of carbonyl (C=O) groups excluding carboxylic acids is 1. The molecule has 0 aliphatic carbocycles. The van der Waals surface area contributed by atoms with E-state index in [9.17, 15) is 9.90 Å². The summed E-state index contributed by atoms with van der Waals surface area (Å²) in [4.78, 5) is 15.0. The number of hydrogen-bond donors (Lipinski definition) is 1. The molecule has 0 amide bonds. The van der Waals surface area contributed by atoms with Crippen molar-refractivity contribution in [3.05, 3.63) is 34.9 Å². The summed E-state index contributed by atoms with van der Waals surface area (Å²) in [6.45, 7) is 2.49. The lowest BCUT2D eigenvalue weighted by atomic mass is 9.87. The molecule has 1 aromatic carbocycles. The lowest BCUT2D eigenvalue weighted by molar-refractivity contribution is 0.0323. The number of aliphatic hydroxyl groups excluding tert-OH is 1. The van der Waals surface area contributed by atoms with Crippen LogP contribution in [-0.2, 0) is 0 Å². The molecular formula is C17H22ClN2O2. The van der Waals surface area contributed by atoms with E-state index >= 15 is 0 Å².